The Morgan fingerprint density at radius 2 is 1.65 bits per heavy atom. The zero-order chi connectivity index (χ0) is 24.7. The summed E-state index contributed by atoms with van der Waals surface area (Å²) in [6, 6.07) is 6.77. The number of aliphatic hydroxyl groups is 3. The Balaban J connectivity index is 1.80. The van der Waals surface area contributed by atoms with E-state index in [4.69, 9.17) is 23.4 Å². The first kappa shape index (κ1) is 23.6. The molecule has 4 rings (SSSR count). The number of phenols is 2. The Bertz CT molecular complexity index is 1270. The molecule has 0 amide bonds. The van der Waals surface area contributed by atoms with Crippen molar-refractivity contribution in [1.29, 1.82) is 0 Å². The minimum Gasteiger partial charge on any atom is -0.507 e. The van der Waals surface area contributed by atoms with E-state index in [2.05, 4.69) is 0 Å². The summed E-state index contributed by atoms with van der Waals surface area (Å²) in [6.45, 7) is 1.50. The number of aromatic hydroxyl groups is 2. The van der Waals surface area contributed by atoms with Gasteiger partial charge in [0.15, 0.2) is 17.3 Å². The second kappa shape index (κ2) is 9.03. The molecular formula is C23H24O11. The molecule has 182 valence electrons. The largest absolute Gasteiger partial charge is 0.507 e. The third-order valence-corrected chi connectivity index (χ3v) is 5.61. The maximum atomic E-state index is 13.1. The monoisotopic (exact) mass is 476 g/mol. The Morgan fingerprint density at radius 1 is 0.912 bits per heavy atom. The average Bonchev–Trinajstić information content (AvgIpc) is 2.80. The van der Waals surface area contributed by atoms with Crippen molar-refractivity contribution in [2.75, 3.05) is 14.2 Å². The molecule has 1 saturated heterocycles. The highest BCUT2D eigenvalue weighted by Gasteiger charge is 2.43. The van der Waals surface area contributed by atoms with E-state index in [1.54, 1.807) is 6.07 Å². The Morgan fingerprint density at radius 3 is 2.29 bits per heavy atom. The van der Waals surface area contributed by atoms with Crippen LogP contribution in [0.3, 0.4) is 0 Å². The van der Waals surface area contributed by atoms with Gasteiger partial charge in [0.1, 0.15) is 40.8 Å². The van der Waals surface area contributed by atoms with Crippen LogP contribution in [0.25, 0.3) is 22.3 Å². The lowest BCUT2D eigenvalue weighted by Gasteiger charge is -2.38. The molecule has 1 aliphatic rings. The van der Waals surface area contributed by atoms with Gasteiger partial charge in [-0.3, -0.25) is 4.79 Å². The molecule has 2 aromatic carbocycles. The van der Waals surface area contributed by atoms with Crippen LogP contribution in [-0.2, 0) is 4.74 Å². The number of methoxy groups -OCH3 is 2. The summed E-state index contributed by atoms with van der Waals surface area (Å²) in [7, 11) is 2.66. The number of hydrogen-bond donors (Lipinski definition) is 5. The Hall–Kier alpha value is -3.51. The first-order chi connectivity index (χ1) is 16.2. The molecule has 11 heteroatoms. The van der Waals surface area contributed by atoms with E-state index < -0.39 is 41.9 Å². The quantitative estimate of drug-likeness (QED) is 0.357. The van der Waals surface area contributed by atoms with Crippen molar-refractivity contribution in [3.05, 3.63) is 40.6 Å². The summed E-state index contributed by atoms with van der Waals surface area (Å²) in [6.07, 6.45) is -6.61. The van der Waals surface area contributed by atoms with E-state index in [1.165, 1.54) is 39.3 Å². The van der Waals surface area contributed by atoms with Crippen molar-refractivity contribution in [1.82, 2.24) is 0 Å². The molecule has 1 fully saturated rings. The summed E-state index contributed by atoms with van der Waals surface area (Å²) >= 11 is 0. The third-order valence-electron chi connectivity index (χ3n) is 5.61. The number of benzene rings is 2. The minimum atomic E-state index is -1.58. The normalized spacial score (nSPS) is 24.7. The molecular weight excluding hydrogens is 452 g/mol. The van der Waals surface area contributed by atoms with Crippen LogP contribution < -0.4 is 19.6 Å². The van der Waals surface area contributed by atoms with Crippen LogP contribution in [0.2, 0.25) is 0 Å². The number of rotatable bonds is 5. The molecule has 3 aromatic rings. The maximum Gasteiger partial charge on any atom is 0.239 e. The molecule has 0 saturated carbocycles. The summed E-state index contributed by atoms with van der Waals surface area (Å²) in [4.78, 5) is 13.1. The van der Waals surface area contributed by atoms with E-state index in [1.807, 2.05) is 0 Å². The van der Waals surface area contributed by atoms with Gasteiger partial charge < -0.3 is 48.9 Å². The van der Waals surface area contributed by atoms with Crippen LogP contribution in [0.5, 0.6) is 28.7 Å². The fourth-order valence-electron chi connectivity index (χ4n) is 3.78. The zero-order valence-corrected chi connectivity index (χ0v) is 18.5. The van der Waals surface area contributed by atoms with Crippen molar-refractivity contribution >= 4 is 11.0 Å². The van der Waals surface area contributed by atoms with Gasteiger partial charge in [0.05, 0.1) is 20.3 Å². The van der Waals surface area contributed by atoms with Crippen LogP contribution in [0, 0.1) is 0 Å². The average molecular weight is 476 g/mol. The van der Waals surface area contributed by atoms with E-state index in [9.17, 15) is 30.3 Å². The standard InChI is InChI=1S/C23H24O11/c1-9-17(26)19(28)20(29)23(32-9)33-11-7-13(25)16-15(8-11)34-21(22(31-3)18(16)27)10-4-5-14(30-2)12(24)6-10/h4-9,17,19-20,23-26,28-29H,1-3H3/t9-,17-,19+,20-,23-/m0/s1. The number of fused-ring (bicyclic) bond motifs is 1. The molecule has 1 aliphatic heterocycles. The number of ether oxygens (including phenoxy) is 4. The lowest BCUT2D eigenvalue weighted by molar-refractivity contribution is -0.268. The fourth-order valence-corrected chi connectivity index (χ4v) is 3.78. The molecule has 11 nitrogen and oxygen atoms in total. The lowest BCUT2D eigenvalue weighted by atomic mass is 10.00. The van der Waals surface area contributed by atoms with Crippen LogP contribution in [0.4, 0.5) is 0 Å². The predicted molar refractivity (Wildman–Crippen MR) is 117 cm³/mol. The highest BCUT2D eigenvalue weighted by atomic mass is 16.7. The molecule has 0 aliphatic carbocycles. The highest BCUT2D eigenvalue weighted by molar-refractivity contribution is 5.88. The Kier molecular flexibility index (Phi) is 6.28. The van der Waals surface area contributed by atoms with Gasteiger partial charge in [-0.15, -0.1) is 0 Å². The van der Waals surface area contributed by atoms with Gasteiger partial charge in [-0.05, 0) is 25.1 Å². The van der Waals surface area contributed by atoms with Crippen molar-refractivity contribution in [2.24, 2.45) is 0 Å². The maximum absolute atomic E-state index is 13.1. The molecule has 2 heterocycles. The smallest absolute Gasteiger partial charge is 0.239 e. The molecule has 5 atom stereocenters. The fraction of sp³-hybridized carbons (Fsp3) is 0.348. The van der Waals surface area contributed by atoms with Gasteiger partial charge >= 0.3 is 0 Å². The lowest BCUT2D eigenvalue weighted by Crippen LogP contribution is -2.58. The van der Waals surface area contributed by atoms with Crippen molar-refractivity contribution in [3.63, 3.8) is 0 Å². The second-order valence-corrected chi connectivity index (χ2v) is 7.79. The summed E-state index contributed by atoms with van der Waals surface area (Å²) in [5.74, 6) is -0.715. The number of phenolic OH excluding ortho intramolecular Hbond substituents is 2. The predicted octanol–water partition coefficient (Wildman–Crippen LogP) is 1.09. The van der Waals surface area contributed by atoms with Gasteiger partial charge in [0.2, 0.25) is 17.5 Å². The van der Waals surface area contributed by atoms with E-state index in [0.29, 0.717) is 5.56 Å². The van der Waals surface area contributed by atoms with E-state index >= 15 is 0 Å². The summed E-state index contributed by atoms with van der Waals surface area (Å²) < 4.78 is 27.1. The summed E-state index contributed by atoms with van der Waals surface area (Å²) in [5, 5.41) is 50.5. The van der Waals surface area contributed by atoms with E-state index in [0.717, 1.165) is 6.07 Å². The summed E-state index contributed by atoms with van der Waals surface area (Å²) in [5.41, 5.74) is -0.443. The Labute approximate surface area is 192 Å². The van der Waals surface area contributed by atoms with Gasteiger partial charge in [-0.1, -0.05) is 0 Å². The second-order valence-electron chi connectivity index (χ2n) is 7.79. The van der Waals surface area contributed by atoms with Gasteiger partial charge in [0, 0.05) is 17.7 Å². The van der Waals surface area contributed by atoms with Crippen LogP contribution in [0.1, 0.15) is 6.92 Å². The zero-order valence-electron chi connectivity index (χ0n) is 18.5. The van der Waals surface area contributed by atoms with Gasteiger partial charge in [-0.25, -0.2) is 0 Å². The van der Waals surface area contributed by atoms with Crippen molar-refractivity contribution < 1.29 is 48.9 Å². The first-order valence-electron chi connectivity index (χ1n) is 10.3. The van der Waals surface area contributed by atoms with Crippen LogP contribution >= 0.6 is 0 Å². The molecule has 34 heavy (non-hydrogen) atoms. The molecule has 0 bridgehead atoms. The molecule has 0 radical (unpaired) electrons. The molecule has 5 N–H and O–H groups in total. The van der Waals surface area contributed by atoms with Crippen molar-refractivity contribution in [2.45, 2.75) is 37.6 Å². The third kappa shape index (κ3) is 3.99. The first-order valence-corrected chi connectivity index (χ1v) is 10.3. The minimum absolute atomic E-state index is 0.0179. The molecule has 0 unspecified atom stereocenters. The van der Waals surface area contributed by atoms with Gasteiger partial charge in [-0.2, -0.15) is 0 Å². The van der Waals surface area contributed by atoms with Gasteiger partial charge in [0.25, 0.3) is 0 Å². The highest BCUT2D eigenvalue weighted by Crippen LogP contribution is 2.39. The molecule has 0 spiro atoms. The SMILES string of the molecule is COc1ccc(-c2oc3cc(O[C@@H]4O[C@@H](C)[C@H](O)[C@@H](O)[C@@H]4O)cc(O)c3c(=O)c2OC)cc1O. The van der Waals surface area contributed by atoms with E-state index in [-0.39, 0.29) is 39.7 Å². The van der Waals surface area contributed by atoms with Crippen molar-refractivity contribution in [3.8, 4) is 40.1 Å². The van der Waals surface area contributed by atoms with Crippen LogP contribution in [-0.4, -0.2) is 70.5 Å². The number of aliphatic hydroxyl groups excluding tert-OH is 3. The number of hydrogen-bond acceptors (Lipinski definition) is 11. The molecule has 1 aromatic heterocycles. The van der Waals surface area contributed by atoms with Crippen LogP contribution in [0.15, 0.2) is 39.5 Å². The topological polar surface area (TPSA) is 168 Å².